The van der Waals surface area contributed by atoms with Gasteiger partial charge in [0, 0.05) is 18.9 Å². The van der Waals surface area contributed by atoms with Crippen LogP contribution in [0.1, 0.15) is 16.9 Å². The van der Waals surface area contributed by atoms with Crippen molar-refractivity contribution in [2.75, 3.05) is 6.61 Å². The minimum Gasteiger partial charge on any atom is -0.484 e. The maximum absolute atomic E-state index is 12.7. The van der Waals surface area contributed by atoms with E-state index in [1.807, 2.05) is 55.5 Å². The Hall–Kier alpha value is -3.08. The fourth-order valence-corrected chi connectivity index (χ4v) is 2.41. The monoisotopic (exact) mass is 336 g/mol. The van der Waals surface area contributed by atoms with Gasteiger partial charge in [-0.25, -0.2) is 0 Å². The molecule has 3 aromatic rings. The summed E-state index contributed by atoms with van der Waals surface area (Å²) >= 11 is 0. The van der Waals surface area contributed by atoms with Crippen molar-refractivity contribution in [3.05, 3.63) is 84.1 Å². The lowest BCUT2D eigenvalue weighted by Crippen LogP contribution is -2.34. The van der Waals surface area contributed by atoms with E-state index in [4.69, 9.17) is 9.15 Å². The van der Waals surface area contributed by atoms with Crippen LogP contribution in [0.25, 0.3) is 0 Å². The van der Waals surface area contributed by atoms with Gasteiger partial charge in [0.2, 0.25) is 0 Å². The van der Waals surface area contributed by atoms with Crippen LogP contribution in [0.3, 0.4) is 0 Å². The number of benzene rings is 1. The molecule has 0 atom stereocenters. The van der Waals surface area contributed by atoms with Gasteiger partial charge >= 0.3 is 0 Å². The molecule has 3 rings (SSSR count). The molecule has 0 spiro atoms. The van der Waals surface area contributed by atoms with Crippen molar-refractivity contribution in [3.8, 4) is 5.75 Å². The second-order valence-electron chi connectivity index (χ2n) is 5.79. The zero-order chi connectivity index (χ0) is 17.5. The van der Waals surface area contributed by atoms with E-state index in [1.54, 1.807) is 23.6 Å². The number of rotatable bonds is 7. The fraction of sp³-hybridized carbons (Fsp3) is 0.200. The first-order valence-corrected chi connectivity index (χ1v) is 8.09. The zero-order valence-electron chi connectivity index (χ0n) is 14.1. The molecule has 0 saturated carbocycles. The summed E-state index contributed by atoms with van der Waals surface area (Å²) in [5, 5.41) is 0. The Labute approximate surface area is 146 Å². The molecule has 0 aliphatic carbocycles. The van der Waals surface area contributed by atoms with Crippen LogP contribution in [-0.4, -0.2) is 22.4 Å². The van der Waals surface area contributed by atoms with Crippen molar-refractivity contribution in [1.82, 2.24) is 9.88 Å². The number of ether oxygens (including phenoxy) is 1. The first kappa shape index (κ1) is 16.8. The molecular weight excluding hydrogens is 316 g/mol. The third kappa shape index (κ3) is 4.94. The number of nitrogens with zero attached hydrogens (tertiary/aromatic N) is 2. The van der Waals surface area contributed by atoms with Gasteiger partial charge in [-0.05, 0) is 42.8 Å². The van der Waals surface area contributed by atoms with E-state index < -0.39 is 0 Å². The first-order chi connectivity index (χ1) is 12.2. The van der Waals surface area contributed by atoms with Crippen LogP contribution in [0.5, 0.6) is 5.75 Å². The van der Waals surface area contributed by atoms with Crippen LogP contribution in [-0.2, 0) is 17.9 Å². The molecule has 0 bridgehead atoms. The van der Waals surface area contributed by atoms with E-state index in [0.29, 0.717) is 18.8 Å². The molecule has 1 amide bonds. The van der Waals surface area contributed by atoms with Crippen LogP contribution in [0.2, 0.25) is 0 Å². The van der Waals surface area contributed by atoms with Crippen LogP contribution >= 0.6 is 0 Å². The van der Waals surface area contributed by atoms with Gasteiger partial charge in [-0.2, -0.15) is 0 Å². The van der Waals surface area contributed by atoms with E-state index in [-0.39, 0.29) is 12.5 Å². The Morgan fingerprint density at radius 2 is 1.96 bits per heavy atom. The second-order valence-corrected chi connectivity index (χ2v) is 5.79. The predicted octanol–water partition coefficient (Wildman–Crippen LogP) is 3.59. The smallest absolute Gasteiger partial charge is 0.261 e. The van der Waals surface area contributed by atoms with Gasteiger partial charge in [0.25, 0.3) is 5.91 Å². The van der Waals surface area contributed by atoms with E-state index in [9.17, 15) is 4.79 Å². The second kappa shape index (κ2) is 8.15. The van der Waals surface area contributed by atoms with Gasteiger partial charge in [-0.1, -0.05) is 23.8 Å². The molecular formula is C20H20N2O3. The summed E-state index contributed by atoms with van der Waals surface area (Å²) in [5.74, 6) is 1.30. The van der Waals surface area contributed by atoms with Crippen LogP contribution < -0.4 is 4.74 Å². The first-order valence-electron chi connectivity index (χ1n) is 8.09. The molecule has 5 nitrogen and oxygen atoms in total. The van der Waals surface area contributed by atoms with Crippen molar-refractivity contribution in [3.63, 3.8) is 0 Å². The number of carbonyl (C=O) groups is 1. The molecule has 2 heterocycles. The molecule has 0 aliphatic rings. The third-order valence-electron chi connectivity index (χ3n) is 3.76. The molecule has 2 aromatic heterocycles. The number of carbonyl (C=O) groups excluding carboxylic acids is 1. The lowest BCUT2D eigenvalue weighted by Gasteiger charge is -2.22. The van der Waals surface area contributed by atoms with Gasteiger partial charge in [-0.15, -0.1) is 0 Å². The summed E-state index contributed by atoms with van der Waals surface area (Å²) in [6.07, 6.45) is 5.07. The number of pyridine rings is 1. The van der Waals surface area contributed by atoms with Crippen molar-refractivity contribution in [2.24, 2.45) is 0 Å². The molecule has 5 heteroatoms. The fourth-order valence-electron chi connectivity index (χ4n) is 2.41. The average molecular weight is 336 g/mol. The minimum absolute atomic E-state index is 0.0238. The number of hydrogen-bond donors (Lipinski definition) is 0. The lowest BCUT2D eigenvalue weighted by atomic mass is 10.2. The van der Waals surface area contributed by atoms with Crippen molar-refractivity contribution in [1.29, 1.82) is 0 Å². The van der Waals surface area contributed by atoms with E-state index in [0.717, 1.165) is 16.9 Å². The topological polar surface area (TPSA) is 55.6 Å². The van der Waals surface area contributed by atoms with E-state index in [1.165, 1.54) is 0 Å². The molecule has 1 aromatic carbocycles. The van der Waals surface area contributed by atoms with Gasteiger partial charge in [0.1, 0.15) is 11.5 Å². The molecule has 0 unspecified atom stereocenters. The van der Waals surface area contributed by atoms with E-state index >= 15 is 0 Å². The highest BCUT2D eigenvalue weighted by Gasteiger charge is 2.17. The molecule has 128 valence electrons. The van der Waals surface area contributed by atoms with Crippen LogP contribution in [0.15, 0.2) is 71.6 Å². The van der Waals surface area contributed by atoms with Crippen molar-refractivity contribution >= 4 is 5.91 Å². The molecule has 25 heavy (non-hydrogen) atoms. The van der Waals surface area contributed by atoms with Crippen LogP contribution in [0, 0.1) is 6.92 Å². The Morgan fingerprint density at radius 1 is 1.12 bits per heavy atom. The third-order valence-corrected chi connectivity index (χ3v) is 3.76. The Bertz CT molecular complexity index is 784. The standard InChI is InChI=1S/C20H20N2O3/c1-16-6-8-18(9-7-16)25-15-20(23)22(14-19-5-3-11-24-19)13-17-4-2-10-21-12-17/h2-12H,13-15H2,1H3. The minimum atomic E-state index is -0.110. The van der Waals surface area contributed by atoms with Gasteiger partial charge in [-0.3, -0.25) is 9.78 Å². The van der Waals surface area contributed by atoms with Crippen molar-refractivity contribution < 1.29 is 13.9 Å². The summed E-state index contributed by atoms with van der Waals surface area (Å²) in [6, 6.07) is 15.1. The number of furan rings is 1. The predicted molar refractivity (Wildman–Crippen MR) is 93.9 cm³/mol. The Morgan fingerprint density at radius 3 is 2.64 bits per heavy atom. The van der Waals surface area contributed by atoms with Crippen LogP contribution in [0.4, 0.5) is 0 Å². The average Bonchev–Trinajstić information content (AvgIpc) is 3.14. The van der Waals surface area contributed by atoms with Gasteiger partial charge < -0.3 is 14.1 Å². The SMILES string of the molecule is Cc1ccc(OCC(=O)N(Cc2cccnc2)Cc2ccco2)cc1. The number of hydrogen-bond acceptors (Lipinski definition) is 4. The summed E-state index contributed by atoms with van der Waals surface area (Å²) < 4.78 is 11.0. The summed E-state index contributed by atoms with van der Waals surface area (Å²) in [4.78, 5) is 18.5. The molecule has 0 radical (unpaired) electrons. The van der Waals surface area contributed by atoms with E-state index in [2.05, 4.69) is 4.98 Å². The van der Waals surface area contributed by atoms with Gasteiger partial charge in [0.05, 0.1) is 12.8 Å². The zero-order valence-corrected chi connectivity index (χ0v) is 14.1. The molecule has 0 N–H and O–H groups in total. The maximum atomic E-state index is 12.7. The maximum Gasteiger partial charge on any atom is 0.261 e. The number of amides is 1. The highest BCUT2D eigenvalue weighted by Crippen LogP contribution is 2.14. The normalized spacial score (nSPS) is 10.4. The quantitative estimate of drug-likeness (QED) is 0.661. The molecule has 0 aliphatic heterocycles. The Kier molecular flexibility index (Phi) is 5.46. The van der Waals surface area contributed by atoms with Gasteiger partial charge in [0.15, 0.2) is 6.61 Å². The Balaban J connectivity index is 1.66. The van der Waals surface area contributed by atoms with Crippen molar-refractivity contribution in [2.45, 2.75) is 20.0 Å². The number of aryl methyl sites for hydroxylation is 1. The summed E-state index contributed by atoms with van der Waals surface area (Å²) in [7, 11) is 0. The number of aromatic nitrogens is 1. The lowest BCUT2D eigenvalue weighted by molar-refractivity contribution is -0.134. The largest absolute Gasteiger partial charge is 0.484 e. The molecule has 0 saturated heterocycles. The summed E-state index contributed by atoms with van der Waals surface area (Å²) in [5.41, 5.74) is 2.10. The highest BCUT2D eigenvalue weighted by molar-refractivity contribution is 5.77. The highest BCUT2D eigenvalue weighted by atomic mass is 16.5. The summed E-state index contributed by atoms with van der Waals surface area (Å²) in [6.45, 7) is 2.82. The molecule has 0 fully saturated rings.